The molecule has 0 radical (unpaired) electrons. The Labute approximate surface area is 130 Å². The lowest BCUT2D eigenvalue weighted by molar-refractivity contribution is -0.114. The van der Waals surface area contributed by atoms with E-state index in [-0.39, 0.29) is 18.2 Å². The minimum Gasteiger partial charge on any atom is -0.378 e. The van der Waals surface area contributed by atoms with Crippen LogP contribution in [0.15, 0.2) is 42.5 Å². The van der Waals surface area contributed by atoms with Crippen molar-refractivity contribution in [3.05, 3.63) is 59.2 Å². The van der Waals surface area contributed by atoms with E-state index in [0.29, 0.717) is 11.3 Å². The van der Waals surface area contributed by atoms with Gasteiger partial charge in [-0.05, 0) is 61.4 Å². The zero-order chi connectivity index (χ0) is 16.1. The normalized spacial score (nSPS) is 10.1. The molecule has 0 bridgehead atoms. The average molecular weight is 296 g/mol. The van der Waals surface area contributed by atoms with Crippen molar-refractivity contribution in [3.63, 3.8) is 0 Å². The minimum absolute atomic E-state index is 0.00704. The summed E-state index contributed by atoms with van der Waals surface area (Å²) >= 11 is 0. The Hall–Kier alpha value is -2.62. The molecule has 2 N–H and O–H groups in total. The van der Waals surface area contributed by atoms with Crippen LogP contribution in [-0.4, -0.2) is 18.2 Å². The third kappa shape index (κ3) is 4.19. The number of hydrogen-bond donors (Lipinski definition) is 2. The number of aryl methyl sites for hydroxylation is 2. The minimum atomic E-state index is -0.129. The van der Waals surface area contributed by atoms with E-state index in [1.165, 1.54) is 18.1 Å². The molecule has 0 saturated heterocycles. The van der Waals surface area contributed by atoms with Crippen LogP contribution in [0.1, 0.15) is 28.4 Å². The molecule has 0 heterocycles. The second-order valence-electron chi connectivity index (χ2n) is 5.33. The van der Waals surface area contributed by atoms with Crippen LogP contribution in [-0.2, 0) is 4.79 Å². The van der Waals surface area contributed by atoms with Crippen molar-refractivity contribution in [1.82, 2.24) is 0 Å². The molecule has 0 aliphatic heterocycles. The van der Waals surface area contributed by atoms with E-state index in [1.807, 2.05) is 25.1 Å². The van der Waals surface area contributed by atoms with E-state index in [9.17, 15) is 9.59 Å². The van der Waals surface area contributed by atoms with Crippen molar-refractivity contribution in [1.29, 1.82) is 0 Å². The predicted molar refractivity (Wildman–Crippen MR) is 89.5 cm³/mol. The molecule has 2 rings (SSSR count). The van der Waals surface area contributed by atoms with Gasteiger partial charge in [-0.3, -0.25) is 9.59 Å². The molecule has 0 fully saturated rings. The number of rotatable bonds is 5. The van der Waals surface area contributed by atoms with E-state index in [2.05, 4.69) is 17.6 Å². The van der Waals surface area contributed by atoms with Gasteiger partial charge in [-0.25, -0.2) is 0 Å². The number of carbonyl (C=O) groups excluding carboxylic acids is 2. The van der Waals surface area contributed by atoms with Gasteiger partial charge in [0.2, 0.25) is 5.91 Å². The number of carbonyl (C=O) groups is 2. The van der Waals surface area contributed by atoms with Crippen molar-refractivity contribution in [2.75, 3.05) is 17.2 Å². The highest BCUT2D eigenvalue weighted by molar-refractivity contribution is 5.99. The van der Waals surface area contributed by atoms with E-state index in [0.717, 1.165) is 5.69 Å². The molecule has 1 amide bonds. The van der Waals surface area contributed by atoms with Gasteiger partial charge in [0.15, 0.2) is 5.78 Å². The summed E-state index contributed by atoms with van der Waals surface area (Å²) in [5.41, 5.74) is 4.66. The van der Waals surface area contributed by atoms with E-state index < -0.39 is 0 Å². The zero-order valence-electron chi connectivity index (χ0n) is 13.1. The van der Waals surface area contributed by atoms with Crippen LogP contribution in [0.3, 0.4) is 0 Å². The lowest BCUT2D eigenvalue weighted by atomic mass is 10.1. The van der Waals surface area contributed by atoms with Crippen LogP contribution < -0.4 is 10.6 Å². The highest BCUT2D eigenvalue weighted by atomic mass is 16.1. The van der Waals surface area contributed by atoms with Crippen LogP contribution >= 0.6 is 0 Å². The SMILES string of the molecule is CC(=O)Nc1ccc(C(=O)CNc2ccc(C)c(C)c2)cc1. The van der Waals surface area contributed by atoms with Crippen LogP contribution in [0.25, 0.3) is 0 Å². The molecule has 4 nitrogen and oxygen atoms in total. The van der Waals surface area contributed by atoms with E-state index in [4.69, 9.17) is 0 Å². The Morgan fingerprint density at radius 3 is 2.14 bits per heavy atom. The maximum absolute atomic E-state index is 12.2. The largest absolute Gasteiger partial charge is 0.378 e. The van der Waals surface area contributed by atoms with Crippen molar-refractivity contribution < 1.29 is 9.59 Å². The molecule has 2 aromatic rings. The summed E-state index contributed by atoms with van der Waals surface area (Å²) in [4.78, 5) is 23.1. The Morgan fingerprint density at radius 2 is 1.55 bits per heavy atom. The number of hydrogen-bond acceptors (Lipinski definition) is 3. The number of benzene rings is 2. The summed E-state index contributed by atoms with van der Waals surface area (Å²) in [5, 5.41) is 5.81. The molecule has 0 saturated carbocycles. The molecule has 2 aromatic carbocycles. The number of amides is 1. The predicted octanol–water partition coefficient (Wildman–Crippen LogP) is 3.56. The van der Waals surface area contributed by atoms with E-state index >= 15 is 0 Å². The number of anilines is 2. The van der Waals surface area contributed by atoms with Crippen molar-refractivity contribution in [3.8, 4) is 0 Å². The number of nitrogens with one attached hydrogen (secondary N) is 2. The first kappa shape index (κ1) is 15.8. The van der Waals surface area contributed by atoms with Gasteiger partial charge in [0.05, 0.1) is 6.54 Å². The van der Waals surface area contributed by atoms with Gasteiger partial charge < -0.3 is 10.6 Å². The Bertz CT molecular complexity index is 691. The molecule has 114 valence electrons. The van der Waals surface area contributed by atoms with Gasteiger partial charge in [-0.15, -0.1) is 0 Å². The summed E-state index contributed by atoms with van der Waals surface area (Å²) in [6.45, 7) is 5.79. The van der Waals surface area contributed by atoms with Gasteiger partial charge in [-0.2, -0.15) is 0 Å². The first-order valence-corrected chi connectivity index (χ1v) is 7.17. The molecular weight excluding hydrogens is 276 g/mol. The first-order valence-electron chi connectivity index (χ1n) is 7.17. The average Bonchev–Trinajstić information content (AvgIpc) is 2.48. The summed E-state index contributed by atoms with van der Waals surface area (Å²) in [6, 6.07) is 12.9. The van der Waals surface area contributed by atoms with Crippen molar-refractivity contribution in [2.24, 2.45) is 0 Å². The van der Waals surface area contributed by atoms with Gasteiger partial charge in [0.1, 0.15) is 0 Å². The second kappa shape index (κ2) is 6.89. The fourth-order valence-electron chi connectivity index (χ4n) is 2.08. The van der Waals surface area contributed by atoms with Crippen LogP contribution in [0, 0.1) is 13.8 Å². The topological polar surface area (TPSA) is 58.2 Å². The maximum atomic E-state index is 12.2. The van der Waals surface area contributed by atoms with E-state index in [1.54, 1.807) is 24.3 Å². The smallest absolute Gasteiger partial charge is 0.221 e. The molecule has 0 unspecified atom stereocenters. The maximum Gasteiger partial charge on any atom is 0.221 e. The monoisotopic (exact) mass is 296 g/mol. The highest BCUT2D eigenvalue weighted by Crippen LogP contribution is 2.15. The van der Waals surface area contributed by atoms with Gasteiger partial charge in [0, 0.05) is 23.9 Å². The third-order valence-electron chi connectivity index (χ3n) is 3.49. The number of ketones is 1. The molecule has 0 aromatic heterocycles. The molecule has 0 spiro atoms. The molecule has 0 aliphatic carbocycles. The number of Topliss-reactive ketones (excluding diaryl/α,β-unsaturated/α-hetero) is 1. The van der Waals surface area contributed by atoms with Crippen molar-refractivity contribution >= 4 is 23.1 Å². The van der Waals surface area contributed by atoms with Crippen LogP contribution in [0.4, 0.5) is 11.4 Å². The summed E-state index contributed by atoms with van der Waals surface area (Å²) in [5.74, 6) is -0.122. The molecule has 22 heavy (non-hydrogen) atoms. The Balaban J connectivity index is 1.96. The Morgan fingerprint density at radius 1 is 0.909 bits per heavy atom. The van der Waals surface area contributed by atoms with Gasteiger partial charge in [-0.1, -0.05) is 6.07 Å². The summed E-state index contributed by atoms with van der Waals surface area (Å²) in [6.07, 6.45) is 0. The lowest BCUT2D eigenvalue weighted by Gasteiger charge is -2.09. The standard InChI is InChI=1S/C18H20N2O2/c1-12-4-7-17(10-13(12)2)19-11-18(22)15-5-8-16(9-6-15)20-14(3)21/h4-10,19H,11H2,1-3H3,(H,20,21). The third-order valence-corrected chi connectivity index (χ3v) is 3.49. The summed E-state index contributed by atoms with van der Waals surface area (Å²) < 4.78 is 0. The first-order chi connectivity index (χ1) is 10.5. The van der Waals surface area contributed by atoms with Crippen molar-refractivity contribution in [2.45, 2.75) is 20.8 Å². The molecule has 0 aliphatic rings. The molecule has 4 heteroatoms. The van der Waals surface area contributed by atoms with Gasteiger partial charge in [0.25, 0.3) is 0 Å². The highest BCUT2D eigenvalue weighted by Gasteiger charge is 2.06. The van der Waals surface area contributed by atoms with Gasteiger partial charge >= 0.3 is 0 Å². The lowest BCUT2D eigenvalue weighted by Crippen LogP contribution is -2.14. The fraction of sp³-hybridized carbons (Fsp3) is 0.222. The molecule has 0 atom stereocenters. The molecular formula is C18H20N2O2. The Kier molecular flexibility index (Phi) is 4.94. The zero-order valence-corrected chi connectivity index (χ0v) is 13.1. The van der Waals surface area contributed by atoms with Crippen LogP contribution in [0.2, 0.25) is 0 Å². The fourth-order valence-corrected chi connectivity index (χ4v) is 2.08. The second-order valence-corrected chi connectivity index (χ2v) is 5.33. The quantitative estimate of drug-likeness (QED) is 0.829. The summed E-state index contributed by atoms with van der Waals surface area (Å²) in [7, 11) is 0. The van der Waals surface area contributed by atoms with Crippen LogP contribution in [0.5, 0.6) is 0 Å².